The fourth-order valence-electron chi connectivity index (χ4n) is 2.96. The molecule has 0 aliphatic rings. The maximum atomic E-state index is 12.3. The molecule has 3 aromatic rings. The number of carboxylic acids is 1. The molecule has 0 radical (unpaired) electrons. The molecule has 0 fully saturated rings. The van der Waals surface area contributed by atoms with Gasteiger partial charge in [0.1, 0.15) is 59.1 Å². The molecule has 0 saturated heterocycles. The van der Waals surface area contributed by atoms with E-state index in [1.165, 1.54) is 43.5 Å². The number of ether oxygens (including phenoxy) is 4. The van der Waals surface area contributed by atoms with Crippen LogP contribution in [0.25, 0.3) is 11.0 Å². The number of hydrogen-bond acceptors (Lipinski definition) is 10. The number of aliphatic hydroxyl groups is 1. The Hall–Kier alpha value is -3.05. The Morgan fingerprint density at radius 1 is 1.09 bits per heavy atom. The van der Waals surface area contributed by atoms with Gasteiger partial charge in [-0.3, -0.25) is 4.79 Å². The van der Waals surface area contributed by atoms with E-state index in [4.69, 9.17) is 23.4 Å². The summed E-state index contributed by atoms with van der Waals surface area (Å²) in [6.45, 7) is 1.54. The molecule has 10 nitrogen and oxygen atoms in total. The molecule has 1 atom stereocenters. The summed E-state index contributed by atoms with van der Waals surface area (Å²) in [5.41, 5.74) is -0.364. The van der Waals surface area contributed by atoms with Gasteiger partial charge in [0, 0.05) is 12.1 Å². The van der Waals surface area contributed by atoms with E-state index in [0.29, 0.717) is 5.75 Å². The molecule has 1 aromatic heterocycles. The number of carbonyl (C=O) groups excluding carboxylic acids is 2. The van der Waals surface area contributed by atoms with Gasteiger partial charge < -0.3 is 38.4 Å². The summed E-state index contributed by atoms with van der Waals surface area (Å²) < 4.78 is 26.4. The van der Waals surface area contributed by atoms with Gasteiger partial charge in [0.15, 0.2) is 11.2 Å². The van der Waals surface area contributed by atoms with Gasteiger partial charge in [-0.2, -0.15) is 0 Å². The smallest absolute Gasteiger partial charge is 0.542 e. The van der Waals surface area contributed by atoms with E-state index < -0.39 is 29.2 Å². The van der Waals surface area contributed by atoms with Crippen LogP contribution >= 0.6 is 0 Å². The van der Waals surface area contributed by atoms with Gasteiger partial charge in [-0.25, -0.2) is 4.79 Å². The number of aliphatic hydroxyl groups excluding tert-OH is 1. The van der Waals surface area contributed by atoms with Crippen LogP contribution in [0, 0.1) is 0 Å². The van der Waals surface area contributed by atoms with Gasteiger partial charge in [0.2, 0.25) is 0 Å². The number of aromatic carboxylic acids is 1. The molecule has 0 aliphatic carbocycles. The number of esters is 1. The number of carboxylic acid groups (broad SMARTS) is 1. The first-order valence-electron chi connectivity index (χ1n) is 9.91. The van der Waals surface area contributed by atoms with E-state index >= 15 is 0 Å². The summed E-state index contributed by atoms with van der Waals surface area (Å²) in [5, 5.41) is 21.2. The molecular formula is C23H21NaO10. The summed E-state index contributed by atoms with van der Waals surface area (Å²) in [6, 6.07) is 9.74. The second kappa shape index (κ2) is 12.4. The van der Waals surface area contributed by atoms with Crippen molar-refractivity contribution in [1.29, 1.82) is 0 Å². The summed E-state index contributed by atoms with van der Waals surface area (Å²) in [6.07, 6.45) is -1.08. The van der Waals surface area contributed by atoms with Crippen molar-refractivity contribution >= 4 is 22.9 Å². The quantitative estimate of drug-likeness (QED) is 0.260. The van der Waals surface area contributed by atoms with Crippen LogP contribution in [0.1, 0.15) is 27.8 Å². The number of hydrogen-bond donors (Lipinski definition) is 1. The molecule has 1 N–H and O–H groups in total. The van der Waals surface area contributed by atoms with E-state index in [9.17, 15) is 24.6 Å². The van der Waals surface area contributed by atoms with E-state index in [-0.39, 0.29) is 77.4 Å². The zero-order valence-corrected chi connectivity index (χ0v) is 20.9. The third-order valence-electron chi connectivity index (χ3n) is 4.46. The Morgan fingerprint density at radius 3 is 2.50 bits per heavy atom. The summed E-state index contributed by atoms with van der Waals surface area (Å²) in [4.78, 5) is 35.2. The average molecular weight is 480 g/mol. The molecule has 0 saturated carbocycles. The third-order valence-corrected chi connectivity index (χ3v) is 4.46. The maximum absolute atomic E-state index is 12.3. The third kappa shape index (κ3) is 6.51. The average Bonchev–Trinajstić information content (AvgIpc) is 2.80. The Morgan fingerprint density at radius 2 is 1.82 bits per heavy atom. The van der Waals surface area contributed by atoms with E-state index in [0.717, 1.165) is 6.07 Å². The number of benzene rings is 2. The fraction of sp³-hybridized carbons (Fsp3) is 0.261. The van der Waals surface area contributed by atoms with Gasteiger partial charge in [-0.1, -0.05) is 6.07 Å². The zero-order chi connectivity index (χ0) is 24.0. The molecule has 1 unspecified atom stereocenters. The van der Waals surface area contributed by atoms with Gasteiger partial charge in [-0.05, 0) is 31.2 Å². The van der Waals surface area contributed by atoms with Crippen molar-refractivity contribution in [2.45, 2.75) is 13.0 Å². The molecule has 2 aromatic carbocycles. The van der Waals surface area contributed by atoms with E-state index in [1.54, 1.807) is 6.92 Å². The van der Waals surface area contributed by atoms with Crippen molar-refractivity contribution in [1.82, 2.24) is 0 Å². The molecular weight excluding hydrogens is 459 g/mol. The number of rotatable bonds is 10. The van der Waals surface area contributed by atoms with Crippen LogP contribution in [0.2, 0.25) is 0 Å². The first kappa shape index (κ1) is 27.2. The molecule has 0 spiro atoms. The topological polar surface area (TPSA) is 145 Å². The number of carbonyl (C=O) groups is 2. The van der Waals surface area contributed by atoms with Crippen LogP contribution in [-0.4, -0.2) is 50.1 Å². The van der Waals surface area contributed by atoms with Crippen molar-refractivity contribution in [3.63, 3.8) is 0 Å². The fourth-order valence-corrected chi connectivity index (χ4v) is 2.96. The van der Waals surface area contributed by atoms with Crippen LogP contribution in [0.5, 0.6) is 17.2 Å². The molecule has 0 amide bonds. The molecule has 1 heterocycles. The van der Waals surface area contributed by atoms with E-state index in [2.05, 4.69) is 0 Å². The SMILES string of the molecule is CCOC(=O)c1ccc(OCC(O)COc2cccc3oc(C(=O)[O-])cc(=O)c23)cc1OC.[Na+]. The van der Waals surface area contributed by atoms with Crippen molar-refractivity contribution < 1.29 is 72.7 Å². The van der Waals surface area contributed by atoms with Crippen molar-refractivity contribution in [2.75, 3.05) is 26.9 Å². The van der Waals surface area contributed by atoms with Gasteiger partial charge in [0.05, 0.1) is 13.7 Å². The zero-order valence-electron chi connectivity index (χ0n) is 18.9. The van der Waals surface area contributed by atoms with Crippen molar-refractivity contribution in [3.8, 4) is 17.2 Å². The Balaban J connectivity index is 0.00000408. The Bertz CT molecular complexity index is 1220. The maximum Gasteiger partial charge on any atom is 1.00 e. The van der Waals surface area contributed by atoms with Gasteiger partial charge >= 0.3 is 35.5 Å². The van der Waals surface area contributed by atoms with Crippen LogP contribution in [0.4, 0.5) is 0 Å². The summed E-state index contributed by atoms with van der Waals surface area (Å²) in [5.74, 6) is -2.01. The largest absolute Gasteiger partial charge is 1.00 e. The minimum atomic E-state index is -1.61. The molecule has 11 heteroatoms. The monoisotopic (exact) mass is 480 g/mol. The van der Waals surface area contributed by atoms with Crippen LogP contribution in [0.15, 0.2) is 51.7 Å². The first-order chi connectivity index (χ1) is 15.8. The van der Waals surface area contributed by atoms with Gasteiger partial charge in [-0.15, -0.1) is 0 Å². The van der Waals surface area contributed by atoms with Crippen molar-refractivity contribution in [2.24, 2.45) is 0 Å². The normalized spacial score (nSPS) is 11.3. The van der Waals surface area contributed by atoms with Crippen LogP contribution in [-0.2, 0) is 4.74 Å². The molecule has 3 rings (SSSR count). The molecule has 0 bridgehead atoms. The summed E-state index contributed by atoms with van der Waals surface area (Å²) >= 11 is 0. The predicted molar refractivity (Wildman–Crippen MR) is 113 cm³/mol. The predicted octanol–water partition coefficient (Wildman–Crippen LogP) is -1.84. The second-order valence-electron chi connectivity index (χ2n) is 6.75. The van der Waals surface area contributed by atoms with E-state index in [1.807, 2.05) is 0 Å². The molecule has 34 heavy (non-hydrogen) atoms. The molecule has 174 valence electrons. The standard InChI is InChI=1S/C23H22O10.Na/c1-3-30-23(28)15-8-7-14(9-19(15)29-2)31-11-13(24)12-32-17-5-4-6-18-21(17)16(25)10-20(33-18)22(26)27;/h4-10,13,24H,3,11-12H2,1-2H3,(H,26,27);/q;+1/p-1. The minimum Gasteiger partial charge on any atom is -0.542 e. The van der Waals surface area contributed by atoms with Gasteiger partial charge in [0.25, 0.3) is 0 Å². The summed E-state index contributed by atoms with van der Waals surface area (Å²) in [7, 11) is 1.40. The Kier molecular flexibility index (Phi) is 9.94. The Labute approximate surface area is 216 Å². The van der Waals surface area contributed by atoms with Crippen molar-refractivity contribution in [3.05, 3.63) is 64.0 Å². The minimum absolute atomic E-state index is 0. The molecule has 0 aliphatic heterocycles. The number of methoxy groups -OCH3 is 1. The van der Waals surface area contributed by atoms with Crippen LogP contribution in [0.3, 0.4) is 0 Å². The number of fused-ring (bicyclic) bond motifs is 1. The first-order valence-corrected chi connectivity index (χ1v) is 9.91. The van der Waals surface area contributed by atoms with Crippen LogP contribution < -0.4 is 54.3 Å². The second-order valence-corrected chi connectivity index (χ2v) is 6.75.